The van der Waals surface area contributed by atoms with Crippen molar-refractivity contribution in [2.45, 2.75) is 26.5 Å². The van der Waals surface area contributed by atoms with Gasteiger partial charge in [-0.05, 0) is 43.7 Å². The molecule has 0 aliphatic carbocycles. The van der Waals surface area contributed by atoms with Crippen LogP contribution in [0.2, 0.25) is 0 Å². The third-order valence-electron chi connectivity index (χ3n) is 3.45. The topological polar surface area (TPSA) is 96.9 Å². The van der Waals surface area contributed by atoms with Gasteiger partial charge in [-0.3, -0.25) is 0 Å². The summed E-state index contributed by atoms with van der Waals surface area (Å²) in [7, 11) is 1.54. The van der Waals surface area contributed by atoms with Gasteiger partial charge in [0.15, 0.2) is 0 Å². The van der Waals surface area contributed by atoms with Gasteiger partial charge in [0, 0.05) is 12.6 Å². The molecule has 0 saturated heterocycles. The maximum atomic E-state index is 12.2. The van der Waals surface area contributed by atoms with Crippen molar-refractivity contribution in [1.82, 2.24) is 5.32 Å². The van der Waals surface area contributed by atoms with Crippen LogP contribution in [0.25, 0.3) is 0 Å². The molecule has 0 atom stereocenters. The van der Waals surface area contributed by atoms with Gasteiger partial charge in [0.05, 0.1) is 24.5 Å². The zero-order valence-corrected chi connectivity index (χ0v) is 14.9. The van der Waals surface area contributed by atoms with Crippen LogP contribution in [0.15, 0.2) is 42.5 Å². The number of nitrogens with one attached hydrogen (secondary N) is 2. The van der Waals surface area contributed by atoms with E-state index in [-0.39, 0.29) is 18.2 Å². The number of carboxylic acids is 1. The molecule has 0 saturated carbocycles. The van der Waals surface area contributed by atoms with Gasteiger partial charge in [-0.15, -0.1) is 0 Å². The van der Waals surface area contributed by atoms with E-state index in [4.69, 9.17) is 14.6 Å². The summed E-state index contributed by atoms with van der Waals surface area (Å²) in [4.78, 5) is 23.0. The molecule has 7 heteroatoms. The molecule has 2 rings (SSSR count). The van der Waals surface area contributed by atoms with Crippen molar-refractivity contribution in [3.63, 3.8) is 0 Å². The molecule has 2 amide bonds. The Morgan fingerprint density at radius 3 is 2.38 bits per heavy atom. The molecule has 0 radical (unpaired) electrons. The SMILES string of the molecule is COc1ccc(OC(C)C)c(NC(=O)NCc2ccc(C(=O)O)cc2)c1. The summed E-state index contributed by atoms with van der Waals surface area (Å²) in [5, 5.41) is 14.3. The second-order valence-electron chi connectivity index (χ2n) is 5.84. The average molecular weight is 358 g/mol. The van der Waals surface area contributed by atoms with E-state index < -0.39 is 12.0 Å². The molecule has 0 aromatic heterocycles. The number of urea groups is 1. The number of ether oxygens (including phenoxy) is 2. The highest BCUT2D eigenvalue weighted by atomic mass is 16.5. The Morgan fingerprint density at radius 2 is 1.81 bits per heavy atom. The number of hydrogen-bond donors (Lipinski definition) is 3. The van der Waals surface area contributed by atoms with Crippen LogP contribution in [-0.2, 0) is 6.54 Å². The number of anilines is 1. The largest absolute Gasteiger partial charge is 0.497 e. The molecule has 0 heterocycles. The second kappa shape index (κ2) is 8.75. The van der Waals surface area contributed by atoms with Gasteiger partial charge in [-0.2, -0.15) is 0 Å². The van der Waals surface area contributed by atoms with Gasteiger partial charge < -0.3 is 25.2 Å². The fourth-order valence-electron chi connectivity index (χ4n) is 2.20. The number of carbonyl (C=O) groups excluding carboxylic acids is 1. The third-order valence-corrected chi connectivity index (χ3v) is 3.45. The Balaban J connectivity index is 2.01. The number of hydrogen-bond acceptors (Lipinski definition) is 4. The van der Waals surface area contributed by atoms with Gasteiger partial charge >= 0.3 is 12.0 Å². The Hall–Kier alpha value is -3.22. The van der Waals surface area contributed by atoms with E-state index in [0.717, 1.165) is 5.56 Å². The lowest BCUT2D eigenvalue weighted by Crippen LogP contribution is -2.28. The van der Waals surface area contributed by atoms with Crippen molar-refractivity contribution in [3.8, 4) is 11.5 Å². The first-order valence-corrected chi connectivity index (χ1v) is 8.11. The minimum Gasteiger partial charge on any atom is -0.497 e. The van der Waals surface area contributed by atoms with Crippen LogP contribution in [0.1, 0.15) is 29.8 Å². The van der Waals surface area contributed by atoms with Crippen LogP contribution in [0, 0.1) is 0 Å². The molecule has 2 aromatic carbocycles. The summed E-state index contributed by atoms with van der Waals surface area (Å²) in [6, 6.07) is 11.1. The maximum Gasteiger partial charge on any atom is 0.335 e. The van der Waals surface area contributed by atoms with Crippen molar-refractivity contribution in [3.05, 3.63) is 53.6 Å². The molecule has 0 bridgehead atoms. The van der Waals surface area contributed by atoms with E-state index >= 15 is 0 Å². The molecule has 138 valence electrons. The molecular formula is C19H22N2O5. The molecule has 0 aliphatic rings. The maximum absolute atomic E-state index is 12.2. The van der Waals surface area contributed by atoms with Gasteiger partial charge in [-0.1, -0.05) is 12.1 Å². The van der Waals surface area contributed by atoms with Crippen molar-refractivity contribution in [1.29, 1.82) is 0 Å². The van der Waals surface area contributed by atoms with Gasteiger partial charge in [0.2, 0.25) is 0 Å². The number of carbonyl (C=O) groups is 2. The Kier molecular flexibility index (Phi) is 6.43. The molecule has 0 aliphatic heterocycles. The van der Waals surface area contributed by atoms with Crippen molar-refractivity contribution in [2.24, 2.45) is 0 Å². The third kappa shape index (κ3) is 5.41. The van der Waals surface area contributed by atoms with Crippen LogP contribution < -0.4 is 20.1 Å². The fraction of sp³-hybridized carbons (Fsp3) is 0.263. The standard InChI is InChI=1S/C19H22N2O5/c1-12(2)26-17-9-8-15(25-3)10-16(17)21-19(24)20-11-13-4-6-14(7-5-13)18(22)23/h4-10,12H,11H2,1-3H3,(H,22,23)(H2,20,21,24). The van der Waals surface area contributed by atoms with Gasteiger partial charge in [-0.25, -0.2) is 9.59 Å². The second-order valence-corrected chi connectivity index (χ2v) is 5.84. The van der Waals surface area contributed by atoms with Crippen molar-refractivity contribution in [2.75, 3.05) is 12.4 Å². The molecule has 0 unspecified atom stereocenters. The Labute approximate surface area is 151 Å². The first-order chi connectivity index (χ1) is 12.4. The normalized spacial score (nSPS) is 10.3. The quantitative estimate of drug-likeness (QED) is 0.704. The summed E-state index contributed by atoms with van der Waals surface area (Å²) < 4.78 is 10.9. The molecule has 0 spiro atoms. The van der Waals surface area contributed by atoms with Crippen LogP contribution >= 0.6 is 0 Å². The highest BCUT2D eigenvalue weighted by Gasteiger charge is 2.11. The van der Waals surface area contributed by atoms with E-state index in [1.807, 2.05) is 13.8 Å². The van der Waals surface area contributed by atoms with Crippen LogP contribution in [0.5, 0.6) is 11.5 Å². The fourth-order valence-corrected chi connectivity index (χ4v) is 2.20. The number of amides is 2. The number of rotatable bonds is 7. The van der Waals surface area contributed by atoms with E-state index in [1.54, 1.807) is 37.4 Å². The summed E-state index contributed by atoms with van der Waals surface area (Å²) in [5.74, 6) is 0.153. The number of aromatic carboxylic acids is 1. The summed E-state index contributed by atoms with van der Waals surface area (Å²) in [6.45, 7) is 4.06. The van der Waals surface area contributed by atoms with Crippen molar-refractivity contribution < 1.29 is 24.2 Å². The monoisotopic (exact) mass is 358 g/mol. The zero-order chi connectivity index (χ0) is 19.1. The summed E-state index contributed by atoms with van der Waals surface area (Å²) >= 11 is 0. The average Bonchev–Trinajstić information content (AvgIpc) is 2.61. The predicted octanol–water partition coefficient (Wildman–Crippen LogP) is 3.50. The molecular weight excluding hydrogens is 336 g/mol. The molecule has 2 aromatic rings. The summed E-state index contributed by atoms with van der Waals surface area (Å²) in [6.07, 6.45) is -0.0419. The predicted molar refractivity (Wildman–Crippen MR) is 98.0 cm³/mol. The van der Waals surface area contributed by atoms with Crippen LogP contribution in [0.3, 0.4) is 0 Å². The van der Waals surface area contributed by atoms with Crippen molar-refractivity contribution >= 4 is 17.7 Å². The smallest absolute Gasteiger partial charge is 0.335 e. The lowest BCUT2D eigenvalue weighted by Gasteiger charge is -2.16. The lowest BCUT2D eigenvalue weighted by molar-refractivity contribution is 0.0697. The molecule has 0 fully saturated rings. The minimum absolute atomic E-state index is 0.0419. The first kappa shape index (κ1) is 19.1. The van der Waals surface area contributed by atoms with E-state index in [1.165, 1.54) is 12.1 Å². The Bertz CT molecular complexity index is 772. The van der Waals surface area contributed by atoms with Gasteiger partial charge in [0.1, 0.15) is 11.5 Å². The van der Waals surface area contributed by atoms with E-state index in [0.29, 0.717) is 17.2 Å². The molecule has 7 nitrogen and oxygen atoms in total. The highest BCUT2D eigenvalue weighted by Crippen LogP contribution is 2.30. The number of carboxylic acid groups (broad SMARTS) is 1. The number of methoxy groups -OCH3 is 1. The highest BCUT2D eigenvalue weighted by molar-refractivity contribution is 5.91. The van der Waals surface area contributed by atoms with Crippen LogP contribution in [-0.4, -0.2) is 30.3 Å². The Morgan fingerprint density at radius 1 is 1.12 bits per heavy atom. The molecule has 3 N–H and O–H groups in total. The lowest BCUT2D eigenvalue weighted by atomic mass is 10.1. The summed E-state index contributed by atoms with van der Waals surface area (Å²) in [5.41, 5.74) is 1.48. The van der Waals surface area contributed by atoms with Crippen LogP contribution in [0.4, 0.5) is 10.5 Å². The first-order valence-electron chi connectivity index (χ1n) is 8.11. The van der Waals surface area contributed by atoms with Gasteiger partial charge in [0.25, 0.3) is 0 Å². The molecule has 26 heavy (non-hydrogen) atoms. The van der Waals surface area contributed by atoms with E-state index in [2.05, 4.69) is 10.6 Å². The zero-order valence-electron chi connectivity index (χ0n) is 14.9. The number of benzene rings is 2. The van der Waals surface area contributed by atoms with E-state index in [9.17, 15) is 9.59 Å². The minimum atomic E-state index is -0.988.